The van der Waals surface area contributed by atoms with Crippen LogP contribution in [0.2, 0.25) is 0 Å². The quantitative estimate of drug-likeness (QED) is 0.900. The topological polar surface area (TPSA) is 66.4 Å². The predicted molar refractivity (Wildman–Crippen MR) is 85.0 cm³/mol. The van der Waals surface area contributed by atoms with E-state index in [4.69, 9.17) is 0 Å². The first kappa shape index (κ1) is 16.1. The minimum atomic E-state index is -3.81. The summed E-state index contributed by atoms with van der Waals surface area (Å²) >= 11 is 0. The first-order valence-corrected chi connectivity index (χ1v) is 8.87. The summed E-state index contributed by atoms with van der Waals surface area (Å²) in [5, 5.41) is 10.8. The Morgan fingerprint density at radius 3 is 2.74 bits per heavy atom. The molecule has 1 unspecified atom stereocenters. The molecule has 6 heteroatoms. The molecule has 2 N–H and O–H groups in total. The fourth-order valence-corrected chi connectivity index (χ4v) is 4.37. The van der Waals surface area contributed by atoms with Gasteiger partial charge in [0.2, 0.25) is 10.0 Å². The maximum absolute atomic E-state index is 13.1. The van der Waals surface area contributed by atoms with Crippen molar-refractivity contribution in [3.63, 3.8) is 0 Å². The van der Waals surface area contributed by atoms with Gasteiger partial charge in [-0.3, -0.25) is 0 Å². The highest BCUT2D eigenvalue weighted by Crippen LogP contribution is 2.36. The van der Waals surface area contributed by atoms with Gasteiger partial charge in [-0.15, -0.1) is 0 Å². The van der Waals surface area contributed by atoms with Gasteiger partial charge in [-0.05, 0) is 54.7 Å². The van der Waals surface area contributed by atoms with Crippen molar-refractivity contribution in [3.8, 4) is 0 Å². The summed E-state index contributed by atoms with van der Waals surface area (Å²) in [5.41, 5.74) is 0.916. The van der Waals surface area contributed by atoms with E-state index in [2.05, 4.69) is 4.72 Å². The van der Waals surface area contributed by atoms with Gasteiger partial charge in [0.15, 0.2) is 0 Å². The summed E-state index contributed by atoms with van der Waals surface area (Å²) < 4.78 is 40.5. The van der Waals surface area contributed by atoms with E-state index in [1.54, 1.807) is 0 Å². The molecule has 1 aliphatic carbocycles. The molecule has 122 valence electrons. The van der Waals surface area contributed by atoms with Gasteiger partial charge in [-0.25, -0.2) is 17.5 Å². The Balaban J connectivity index is 1.83. The Labute approximate surface area is 135 Å². The Bertz CT molecular complexity index is 851. The molecule has 0 saturated carbocycles. The fraction of sp³-hybridized carbons (Fsp3) is 0.294. The number of fused-ring (bicyclic) bond motifs is 1. The number of rotatable bonds is 4. The summed E-state index contributed by atoms with van der Waals surface area (Å²) in [6.45, 7) is 1.43. The molecular weight excluding hydrogens is 317 g/mol. The van der Waals surface area contributed by atoms with Gasteiger partial charge in [0, 0.05) is 6.54 Å². The molecular formula is C17H18FNO3S. The van der Waals surface area contributed by atoms with Gasteiger partial charge in [0.1, 0.15) is 11.4 Å². The zero-order chi connectivity index (χ0) is 16.7. The third-order valence-corrected chi connectivity index (χ3v) is 5.87. The summed E-state index contributed by atoms with van der Waals surface area (Å²) in [5.74, 6) is -0.482. The first-order chi connectivity index (χ1) is 10.8. The number of sulfonamides is 1. The molecule has 1 aliphatic rings. The lowest BCUT2D eigenvalue weighted by Crippen LogP contribution is -2.39. The van der Waals surface area contributed by atoms with E-state index in [-0.39, 0.29) is 11.4 Å². The summed E-state index contributed by atoms with van der Waals surface area (Å²) in [7, 11) is -3.81. The van der Waals surface area contributed by atoms with Crippen molar-refractivity contribution in [2.45, 2.75) is 30.3 Å². The second kappa shape index (κ2) is 5.70. The Hall–Kier alpha value is -1.76. The molecule has 2 aromatic carbocycles. The van der Waals surface area contributed by atoms with Crippen LogP contribution in [0.15, 0.2) is 47.4 Å². The van der Waals surface area contributed by atoms with Crippen LogP contribution in [0.25, 0.3) is 0 Å². The second-order valence-electron chi connectivity index (χ2n) is 5.92. The van der Waals surface area contributed by atoms with Crippen LogP contribution in [-0.4, -0.2) is 20.1 Å². The summed E-state index contributed by atoms with van der Waals surface area (Å²) in [4.78, 5) is 0.0220. The smallest absolute Gasteiger partial charge is 0.240 e. The monoisotopic (exact) mass is 335 g/mol. The number of aliphatic hydroxyl groups is 1. The van der Waals surface area contributed by atoms with Crippen LogP contribution >= 0.6 is 0 Å². The molecule has 23 heavy (non-hydrogen) atoms. The number of halogens is 1. The molecule has 0 spiro atoms. The Kier molecular flexibility index (Phi) is 4.00. The van der Waals surface area contributed by atoms with Crippen LogP contribution in [0.3, 0.4) is 0 Å². The average molecular weight is 335 g/mol. The highest BCUT2D eigenvalue weighted by Gasteiger charge is 2.37. The van der Waals surface area contributed by atoms with Crippen molar-refractivity contribution in [2.24, 2.45) is 0 Å². The van der Waals surface area contributed by atoms with E-state index in [1.165, 1.54) is 19.1 Å². The molecule has 0 radical (unpaired) electrons. The van der Waals surface area contributed by atoms with Crippen molar-refractivity contribution in [2.75, 3.05) is 6.54 Å². The van der Waals surface area contributed by atoms with Crippen molar-refractivity contribution in [3.05, 3.63) is 65.0 Å². The SMILES string of the molecule is Cc1cc(F)ccc1S(=O)(=O)NCC1(O)CCc2ccccc21. The van der Waals surface area contributed by atoms with Gasteiger partial charge < -0.3 is 5.11 Å². The van der Waals surface area contributed by atoms with Crippen LogP contribution in [0.5, 0.6) is 0 Å². The summed E-state index contributed by atoms with van der Waals surface area (Å²) in [6, 6.07) is 11.0. The number of hydrogen-bond acceptors (Lipinski definition) is 3. The molecule has 0 saturated heterocycles. The first-order valence-electron chi connectivity index (χ1n) is 7.38. The van der Waals surface area contributed by atoms with E-state index in [0.717, 1.165) is 17.2 Å². The summed E-state index contributed by atoms with van der Waals surface area (Å²) in [6.07, 6.45) is 1.18. The number of benzene rings is 2. The zero-order valence-electron chi connectivity index (χ0n) is 12.7. The van der Waals surface area contributed by atoms with E-state index < -0.39 is 21.4 Å². The van der Waals surface area contributed by atoms with Crippen LogP contribution in [-0.2, 0) is 22.0 Å². The minimum Gasteiger partial charge on any atom is -0.384 e. The average Bonchev–Trinajstić information content (AvgIpc) is 2.84. The molecule has 1 atom stereocenters. The molecule has 2 aromatic rings. The van der Waals surface area contributed by atoms with Gasteiger partial charge in [-0.2, -0.15) is 0 Å². The van der Waals surface area contributed by atoms with Crippen LogP contribution in [0, 0.1) is 12.7 Å². The van der Waals surface area contributed by atoms with Gasteiger partial charge in [0.05, 0.1) is 4.90 Å². The van der Waals surface area contributed by atoms with Gasteiger partial charge in [-0.1, -0.05) is 24.3 Å². The largest absolute Gasteiger partial charge is 0.384 e. The standard InChI is InChI=1S/C17H18FNO3S/c1-12-10-14(18)6-7-16(12)23(21,22)19-11-17(20)9-8-13-4-2-3-5-15(13)17/h2-7,10,19-20H,8-9,11H2,1H3. The van der Waals surface area contributed by atoms with E-state index in [9.17, 15) is 17.9 Å². The maximum Gasteiger partial charge on any atom is 0.240 e. The van der Waals surface area contributed by atoms with Crippen LogP contribution < -0.4 is 4.72 Å². The van der Waals surface area contributed by atoms with Gasteiger partial charge >= 0.3 is 0 Å². The van der Waals surface area contributed by atoms with E-state index in [1.807, 2.05) is 24.3 Å². The Morgan fingerprint density at radius 1 is 1.26 bits per heavy atom. The van der Waals surface area contributed by atoms with Crippen LogP contribution in [0.4, 0.5) is 4.39 Å². The lowest BCUT2D eigenvalue weighted by Gasteiger charge is -2.24. The molecule has 0 aromatic heterocycles. The Morgan fingerprint density at radius 2 is 2.00 bits per heavy atom. The third kappa shape index (κ3) is 3.02. The normalized spacial score (nSPS) is 20.5. The highest BCUT2D eigenvalue weighted by molar-refractivity contribution is 7.89. The van der Waals surface area contributed by atoms with Crippen molar-refractivity contribution in [1.29, 1.82) is 0 Å². The van der Waals surface area contributed by atoms with Crippen molar-refractivity contribution in [1.82, 2.24) is 4.72 Å². The van der Waals surface area contributed by atoms with Crippen LogP contribution in [0.1, 0.15) is 23.1 Å². The molecule has 3 rings (SSSR count). The molecule has 0 amide bonds. The van der Waals surface area contributed by atoms with E-state index in [0.29, 0.717) is 18.4 Å². The molecule has 0 heterocycles. The lowest BCUT2D eigenvalue weighted by atomic mass is 9.96. The second-order valence-corrected chi connectivity index (χ2v) is 7.66. The van der Waals surface area contributed by atoms with Crippen molar-refractivity contribution < 1.29 is 17.9 Å². The number of hydrogen-bond donors (Lipinski definition) is 2. The molecule has 0 fully saturated rings. The predicted octanol–water partition coefficient (Wildman–Crippen LogP) is 2.25. The molecule has 0 aliphatic heterocycles. The molecule has 4 nitrogen and oxygen atoms in total. The maximum atomic E-state index is 13.1. The fourth-order valence-electron chi connectivity index (χ4n) is 3.06. The minimum absolute atomic E-state index is 0.0220. The van der Waals surface area contributed by atoms with Gasteiger partial charge in [0.25, 0.3) is 0 Å². The lowest BCUT2D eigenvalue weighted by molar-refractivity contribution is 0.0442. The molecule has 0 bridgehead atoms. The third-order valence-electron chi connectivity index (χ3n) is 4.31. The number of nitrogens with one attached hydrogen (secondary N) is 1. The zero-order valence-corrected chi connectivity index (χ0v) is 13.5. The highest BCUT2D eigenvalue weighted by atomic mass is 32.2. The van der Waals surface area contributed by atoms with E-state index >= 15 is 0 Å². The number of aryl methyl sites for hydroxylation is 2. The van der Waals surface area contributed by atoms with Crippen molar-refractivity contribution >= 4 is 10.0 Å².